The molecule has 0 unspecified atom stereocenters. The van der Waals surface area contributed by atoms with Crippen LogP contribution < -0.4 is 0 Å². The average Bonchev–Trinajstić information content (AvgIpc) is 2.89. The van der Waals surface area contributed by atoms with Crippen molar-refractivity contribution in [1.29, 1.82) is 0 Å². The van der Waals surface area contributed by atoms with E-state index in [-0.39, 0.29) is 0 Å². The highest BCUT2D eigenvalue weighted by atomic mass is 16.6. The highest BCUT2D eigenvalue weighted by Gasteiger charge is 2.38. The largest absolute Gasteiger partial charge is 0.390 e. The molecule has 1 saturated carbocycles. The molecule has 0 bridgehead atoms. The van der Waals surface area contributed by atoms with E-state index < -0.39 is 5.60 Å². The van der Waals surface area contributed by atoms with E-state index in [0.29, 0.717) is 12.0 Å². The first kappa shape index (κ1) is 9.47. The third kappa shape index (κ3) is 2.44. The van der Waals surface area contributed by atoms with Crippen LogP contribution in [0.1, 0.15) is 45.4 Å². The summed E-state index contributed by atoms with van der Waals surface area (Å²) in [4.78, 5) is 0. The molecule has 1 aliphatic carbocycles. The van der Waals surface area contributed by atoms with Crippen molar-refractivity contribution < 1.29 is 9.84 Å². The molecule has 2 heteroatoms. The minimum Gasteiger partial charge on any atom is -0.390 e. The van der Waals surface area contributed by atoms with Gasteiger partial charge in [0.2, 0.25) is 0 Å². The van der Waals surface area contributed by atoms with Crippen LogP contribution in [0, 0.1) is 5.92 Å². The summed E-state index contributed by atoms with van der Waals surface area (Å²) in [7, 11) is 0. The zero-order valence-electron chi connectivity index (χ0n) is 8.46. The van der Waals surface area contributed by atoms with E-state index in [2.05, 4.69) is 0 Å². The molecular weight excluding hydrogens is 164 g/mol. The smallest absolute Gasteiger partial charge is 0.0837 e. The summed E-state index contributed by atoms with van der Waals surface area (Å²) in [6, 6.07) is 0. The van der Waals surface area contributed by atoms with Gasteiger partial charge < -0.3 is 9.84 Å². The zero-order valence-corrected chi connectivity index (χ0v) is 8.46. The lowest BCUT2D eigenvalue weighted by atomic mass is 9.76. The molecule has 0 aromatic carbocycles. The number of hydrogen-bond acceptors (Lipinski definition) is 2. The molecule has 1 N–H and O–H groups in total. The van der Waals surface area contributed by atoms with Crippen molar-refractivity contribution in [2.45, 2.75) is 57.2 Å². The van der Waals surface area contributed by atoms with E-state index in [1.165, 1.54) is 32.1 Å². The third-order valence-corrected chi connectivity index (χ3v) is 3.53. The molecule has 2 rings (SSSR count). The van der Waals surface area contributed by atoms with Crippen molar-refractivity contribution >= 4 is 0 Å². The molecule has 1 saturated heterocycles. The van der Waals surface area contributed by atoms with Crippen molar-refractivity contribution in [3.63, 3.8) is 0 Å². The van der Waals surface area contributed by atoms with Gasteiger partial charge in [-0.25, -0.2) is 0 Å². The number of aliphatic hydroxyl groups is 1. The van der Waals surface area contributed by atoms with Crippen LogP contribution in [0.5, 0.6) is 0 Å². The second-order valence-corrected chi connectivity index (χ2v) is 4.85. The Bertz CT molecular complexity index is 167. The van der Waals surface area contributed by atoms with Crippen molar-refractivity contribution in [1.82, 2.24) is 0 Å². The molecule has 13 heavy (non-hydrogen) atoms. The molecule has 0 spiro atoms. The summed E-state index contributed by atoms with van der Waals surface area (Å²) < 4.78 is 5.18. The van der Waals surface area contributed by atoms with Crippen molar-refractivity contribution in [3.8, 4) is 0 Å². The predicted molar refractivity (Wildman–Crippen MR) is 51.6 cm³/mol. The van der Waals surface area contributed by atoms with Gasteiger partial charge in [0, 0.05) is 6.42 Å². The first-order valence-electron chi connectivity index (χ1n) is 5.52. The van der Waals surface area contributed by atoms with Gasteiger partial charge in [-0.3, -0.25) is 0 Å². The van der Waals surface area contributed by atoms with Gasteiger partial charge in [0.05, 0.1) is 18.3 Å². The van der Waals surface area contributed by atoms with E-state index in [0.717, 1.165) is 13.0 Å². The van der Waals surface area contributed by atoms with Gasteiger partial charge in [-0.05, 0) is 25.7 Å². The SMILES string of the molecule is C[C@@](O)(C[C@H]1CO1)C1CCCCC1. The van der Waals surface area contributed by atoms with E-state index >= 15 is 0 Å². The lowest BCUT2D eigenvalue weighted by molar-refractivity contribution is -0.0285. The number of ether oxygens (including phenoxy) is 1. The van der Waals surface area contributed by atoms with Crippen molar-refractivity contribution in [3.05, 3.63) is 0 Å². The van der Waals surface area contributed by atoms with Gasteiger partial charge in [-0.2, -0.15) is 0 Å². The van der Waals surface area contributed by atoms with Gasteiger partial charge in [0.25, 0.3) is 0 Å². The fourth-order valence-corrected chi connectivity index (χ4v) is 2.54. The van der Waals surface area contributed by atoms with Gasteiger partial charge in [0.1, 0.15) is 0 Å². The Labute approximate surface area is 80.3 Å². The number of rotatable bonds is 3. The fourth-order valence-electron chi connectivity index (χ4n) is 2.54. The maximum absolute atomic E-state index is 10.3. The highest BCUT2D eigenvalue weighted by Crippen LogP contribution is 2.37. The highest BCUT2D eigenvalue weighted by molar-refractivity contribution is 4.89. The lowest BCUT2D eigenvalue weighted by Gasteiger charge is -2.35. The van der Waals surface area contributed by atoms with E-state index in [9.17, 15) is 5.11 Å². The Morgan fingerprint density at radius 3 is 2.46 bits per heavy atom. The third-order valence-electron chi connectivity index (χ3n) is 3.53. The minimum atomic E-state index is -0.471. The Kier molecular flexibility index (Phi) is 2.61. The van der Waals surface area contributed by atoms with E-state index in [4.69, 9.17) is 4.74 Å². The molecule has 0 aromatic rings. The first-order valence-corrected chi connectivity index (χ1v) is 5.52. The molecular formula is C11H20O2. The molecule has 1 aliphatic heterocycles. The van der Waals surface area contributed by atoms with Crippen LogP contribution in [0.25, 0.3) is 0 Å². The Morgan fingerprint density at radius 1 is 1.31 bits per heavy atom. The molecule has 0 radical (unpaired) electrons. The predicted octanol–water partition coefficient (Wildman–Crippen LogP) is 2.11. The average molecular weight is 184 g/mol. The van der Waals surface area contributed by atoms with E-state index in [1.54, 1.807) is 0 Å². The summed E-state index contributed by atoms with van der Waals surface area (Å²) in [6.07, 6.45) is 7.57. The molecule has 2 nitrogen and oxygen atoms in total. The summed E-state index contributed by atoms with van der Waals surface area (Å²) >= 11 is 0. The fraction of sp³-hybridized carbons (Fsp3) is 1.00. The Hall–Kier alpha value is -0.0800. The summed E-state index contributed by atoms with van der Waals surface area (Å²) in [5.41, 5.74) is -0.471. The van der Waals surface area contributed by atoms with Gasteiger partial charge in [0.15, 0.2) is 0 Å². The summed E-state index contributed by atoms with van der Waals surface area (Å²) in [6.45, 7) is 2.85. The molecule has 0 amide bonds. The van der Waals surface area contributed by atoms with Crippen molar-refractivity contribution in [2.75, 3.05) is 6.61 Å². The van der Waals surface area contributed by atoms with Crippen LogP contribution >= 0.6 is 0 Å². The van der Waals surface area contributed by atoms with Crippen LogP contribution in [0.3, 0.4) is 0 Å². The number of hydrogen-bond donors (Lipinski definition) is 1. The lowest BCUT2D eigenvalue weighted by Crippen LogP contribution is -2.37. The second kappa shape index (κ2) is 3.58. The maximum Gasteiger partial charge on any atom is 0.0837 e. The molecule has 1 heterocycles. The van der Waals surface area contributed by atoms with Gasteiger partial charge >= 0.3 is 0 Å². The summed E-state index contributed by atoms with van der Waals surface area (Å²) in [5, 5.41) is 10.3. The second-order valence-electron chi connectivity index (χ2n) is 4.85. The van der Waals surface area contributed by atoms with Gasteiger partial charge in [-0.15, -0.1) is 0 Å². The monoisotopic (exact) mass is 184 g/mol. The zero-order chi connectivity index (χ0) is 9.31. The van der Waals surface area contributed by atoms with Crippen LogP contribution in [-0.2, 0) is 4.74 Å². The Balaban J connectivity index is 1.86. The van der Waals surface area contributed by atoms with Crippen LogP contribution in [0.15, 0.2) is 0 Å². The summed E-state index contributed by atoms with van der Waals surface area (Å²) in [5.74, 6) is 0.519. The van der Waals surface area contributed by atoms with E-state index in [1.807, 2.05) is 6.92 Å². The standard InChI is InChI=1S/C11H20O2/c1-11(12,7-10-8-13-10)9-5-3-2-4-6-9/h9-10,12H,2-8H2,1H3/t10-,11+/m0/s1. The van der Waals surface area contributed by atoms with Gasteiger partial charge in [-0.1, -0.05) is 19.3 Å². The van der Waals surface area contributed by atoms with Crippen LogP contribution in [0.2, 0.25) is 0 Å². The first-order chi connectivity index (χ1) is 6.18. The normalized spacial score (nSPS) is 34.2. The van der Waals surface area contributed by atoms with Crippen LogP contribution in [-0.4, -0.2) is 23.4 Å². The molecule has 2 fully saturated rings. The Morgan fingerprint density at radius 2 is 1.92 bits per heavy atom. The molecule has 2 atom stereocenters. The minimum absolute atomic E-state index is 0.358. The molecule has 2 aliphatic rings. The maximum atomic E-state index is 10.3. The molecule has 76 valence electrons. The quantitative estimate of drug-likeness (QED) is 0.681. The topological polar surface area (TPSA) is 32.8 Å². The van der Waals surface area contributed by atoms with Crippen LogP contribution in [0.4, 0.5) is 0 Å². The molecule has 0 aromatic heterocycles. The van der Waals surface area contributed by atoms with Crippen molar-refractivity contribution in [2.24, 2.45) is 5.92 Å². The number of epoxide rings is 1.